The number of aryl methyl sites for hydroxylation is 1. The van der Waals surface area contributed by atoms with Gasteiger partial charge in [-0.15, -0.1) is 0 Å². The number of ether oxygens (including phenoxy) is 1. The quantitative estimate of drug-likeness (QED) is 0.474. The minimum Gasteiger partial charge on any atom is -0.454 e. The van der Waals surface area contributed by atoms with Crippen molar-refractivity contribution >= 4 is 58.0 Å². The fraction of sp³-hybridized carbons (Fsp3) is 0.286. The SMILES string of the molecule is CSCC[C@H](NC(=O)c1cccc(C)c1)C(=O)OCC(=O)Nc1cccc2nsnc12. The van der Waals surface area contributed by atoms with E-state index >= 15 is 0 Å². The third kappa shape index (κ3) is 6.25. The van der Waals surface area contributed by atoms with Crippen LogP contribution in [0, 0.1) is 6.92 Å². The van der Waals surface area contributed by atoms with E-state index in [-0.39, 0.29) is 5.91 Å². The topological polar surface area (TPSA) is 110 Å². The van der Waals surface area contributed by atoms with E-state index in [1.54, 1.807) is 48.2 Å². The predicted molar refractivity (Wildman–Crippen MR) is 122 cm³/mol. The van der Waals surface area contributed by atoms with Crippen LogP contribution in [0.3, 0.4) is 0 Å². The van der Waals surface area contributed by atoms with E-state index in [0.29, 0.717) is 34.5 Å². The molecule has 0 aliphatic rings. The number of fused-ring (bicyclic) bond motifs is 1. The molecule has 31 heavy (non-hydrogen) atoms. The average molecular weight is 459 g/mol. The number of nitrogens with one attached hydrogen (secondary N) is 2. The zero-order valence-corrected chi connectivity index (χ0v) is 18.7. The Hall–Kier alpha value is -2.98. The zero-order valence-electron chi connectivity index (χ0n) is 17.1. The monoisotopic (exact) mass is 458 g/mol. The number of rotatable bonds is 9. The number of carbonyl (C=O) groups excluding carboxylic acids is 3. The Bertz CT molecular complexity index is 1090. The summed E-state index contributed by atoms with van der Waals surface area (Å²) in [6.45, 7) is 1.42. The largest absolute Gasteiger partial charge is 0.454 e. The molecule has 2 N–H and O–H groups in total. The molecule has 1 heterocycles. The molecule has 3 aromatic rings. The van der Waals surface area contributed by atoms with Crippen molar-refractivity contribution < 1.29 is 19.1 Å². The summed E-state index contributed by atoms with van der Waals surface area (Å²) in [4.78, 5) is 37.4. The van der Waals surface area contributed by atoms with E-state index in [2.05, 4.69) is 19.4 Å². The van der Waals surface area contributed by atoms with Gasteiger partial charge in [-0.2, -0.15) is 20.5 Å². The summed E-state index contributed by atoms with van der Waals surface area (Å²) in [5.74, 6) is -0.862. The van der Waals surface area contributed by atoms with Crippen LogP contribution < -0.4 is 10.6 Å². The smallest absolute Gasteiger partial charge is 0.329 e. The first-order valence-electron chi connectivity index (χ1n) is 9.52. The Kier molecular flexibility index (Phi) is 7.96. The Morgan fingerprint density at radius 3 is 2.74 bits per heavy atom. The molecule has 1 atom stereocenters. The van der Waals surface area contributed by atoms with E-state index in [9.17, 15) is 14.4 Å². The molecule has 0 radical (unpaired) electrons. The lowest BCUT2D eigenvalue weighted by Crippen LogP contribution is -2.43. The van der Waals surface area contributed by atoms with Gasteiger partial charge in [0.05, 0.1) is 17.4 Å². The molecule has 0 bridgehead atoms. The van der Waals surface area contributed by atoms with Crippen LogP contribution in [0.4, 0.5) is 5.69 Å². The van der Waals surface area contributed by atoms with Crippen LogP contribution in [0.1, 0.15) is 22.3 Å². The minimum absolute atomic E-state index is 0.362. The minimum atomic E-state index is -0.848. The highest BCUT2D eigenvalue weighted by atomic mass is 32.2. The molecule has 0 saturated carbocycles. The standard InChI is InChI=1S/C21H22N4O4S2/c1-13-5-3-6-14(11-13)20(27)23-17(9-10-30-2)21(28)29-12-18(26)22-15-7-4-8-16-19(15)25-31-24-16/h3-8,11,17H,9-10,12H2,1-2H3,(H,22,26)(H,23,27)/t17-/m0/s1. The second-order valence-electron chi connectivity index (χ2n) is 6.77. The van der Waals surface area contributed by atoms with Crippen molar-refractivity contribution in [3.63, 3.8) is 0 Å². The molecular weight excluding hydrogens is 436 g/mol. The highest BCUT2D eigenvalue weighted by molar-refractivity contribution is 7.98. The van der Waals surface area contributed by atoms with Gasteiger partial charge in [0, 0.05) is 5.56 Å². The third-order valence-corrected chi connectivity index (χ3v) is 5.57. The van der Waals surface area contributed by atoms with Crippen molar-refractivity contribution in [3.05, 3.63) is 53.6 Å². The van der Waals surface area contributed by atoms with Gasteiger partial charge in [0.2, 0.25) is 0 Å². The van der Waals surface area contributed by atoms with Gasteiger partial charge >= 0.3 is 5.97 Å². The van der Waals surface area contributed by atoms with E-state index in [4.69, 9.17) is 4.74 Å². The summed E-state index contributed by atoms with van der Waals surface area (Å²) in [6.07, 6.45) is 2.30. The van der Waals surface area contributed by atoms with Crippen molar-refractivity contribution in [1.82, 2.24) is 14.1 Å². The molecule has 2 amide bonds. The van der Waals surface area contributed by atoms with Gasteiger partial charge in [-0.3, -0.25) is 9.59 Å². The number of amides is 2. The number of benzene rings is 2. The highest BCUT2D eigenvalue weighted by Crippen LogP contribution is 2.21. The Labute approximate surface area is 188 Å². The van der Waals surface area contributed by atoms with Crippen LogP contribution in [-0.2, 0) is 14.3 Å². The van der Waals surface area contributed by atoms with Gasteiger partial charge in [0.15, 0.2) is 6.61 Å². The molecule has 0 spiro atoms. The molecule has 0 aliphatic carbocycles. The first-order chi connectivity index (χ1) is 15.0. The van der Waals surface area contributed by atoms with Crippen molar-refractivity contribution in [2.75, 3.05) is 23.9 Å². The summed E-state index contributed by atoms with van der Waals surface area (Å²) in [5, 5.41) is 5.39. The van der Waals surface area contributed by atoms with Crippen LogP contribution >= 0.6 is 23.5 Å². The maximum absolute atomic E-state index is 12.6. The third-order valence-electron chi connectivity index (χ3n) is 4.39. The van der Waals surface area contributed by atoms with Gasteiger partial charge in [-0.25, -0.2) is 4.79 Å². The van der Waals surface area contributed by atoms with Crippen molar-refractivity contribution in [2.24, 2.45) is 0 Å². The molecule has 0 aliphatic heterocycles. The van der Waals surface area contributed by atoms with Gasteiger partial charge in [-0.05, 0) is 49.6 Å². The number of nitrogens with zero attached hydrogens (tertiary/aromatic N) is 2. The van der Waals surface area contributed by atoms with Crippen molar-refractivity contribution in [2.45, 2.75) is 19.4 Å². The summed E-state index contributed by atoms with van der Waals surface area (Å²) in [6, 6.07) is 11.5. The average Bonchev–Trinajstić information content (AvgIpc) is 3.25. The molecule has 1 aromatic heterocycles. The molecule has 8 nitrogen and oxygen atoms in total. The first kappa shape index (κ1) is 22.7. The Morgan fingerprint density at radius 2 is 1.97 bits per heavy atom. The summed E-state index contributed by atoms with van der Waals surface area (Å²) in [5.41, 5.74) is 3.16. The molecule has 162 valence electrons. The number of hydrogen-bond donors (Lipinski definition) is 2. The van der Waals surface area contributed by atoms with Gasteiger partial charge < -0.3 is 15.4 Å². The van der Waals surface area contributed by atoms with Gasteiger partial charge in [-0.1, -0.05) is 23.8 Å². The molecular formula is C21H22N4O4S2. The summed E-state index contributed by atoms with van der Waals surface area (Å²) in [7, 11) is 0. The van der Waals surface area contributed by atoms with E-state index in [0.717, 1.165) is 17.3 Å². The number of carbonyl (C=O) groups is 3. The van der Waals surface area contributed by atoms with Gasteiger partial charge in [0.1, 0.15) is 17.1 Å². The van der Waals surface area contributed by atoms with Crippen LogP contribution in [0.25, 0.3) is 11.0 Å². The van der Waals surface area contributed by atoms with Crippen LogP contribution in [0.15, 0.2) is 42.5 Å². The lowest BCUT2D eigenvalue weighted by Gasteiger charge is -2.17. The van der Waals surface area contributed by atoms with Crippen molar-refractivity contribution in [3.8, 4) is 0 Å². The molecule has 3 rings (SSSR count). The molecule has 10 heteroatoms. The fourth-order valence-corrected chi connectivity index (χ4v) is 3.86. The number of anilines is 1. The van der Waals surface area contributed by atoms with Gasteiger partial charge in [0.25, 0.3) is 11.8 Å². The second-order valence-corrected chi connectivity index (χ2v) is 8.28. The summed E-state index contributed by atoms with van der Waals surface area (Å²) >= 11 is 2.60. The summed E-state index contributed by atoms with van der Waals surface area (Å²) < 4.78 is 13.5. The molecule has 0 fully saturated rings. The maximum Gasteiger partial charge on any atom is 0.329 e. The number of esters is 1. The normalized spacial score (nSPS) is 11.7. The molecule has 2 aromatic carbocycles. The zero-order chi connectivity index (χ0) is 22.2. The number of thioether (sulfide) groups is 1. The number of aromatic nitrogens is 2. The first-order valence-corrected chi connectivity index (χ1v) is 11.6. The van der Waals surface area contributed by atoms with E-state index in [1.807, 2.05) is 19.2 Å². The lowest BCUT2D eigenvalue weighted by atomic mass is 10.1. The molecule has 0 saturated heterocycles. The predicted octanol–water partition coefficient (Wildman–Crippen LogP) is 3.03. The van der Waals surface area contributed by atoms with Crippen LogP contribution in [0.2, 0.25) is 0 Å². The fourth-order valence-electron chi connectivity index (χ4n) is 2.84. The van der Waals surface area contributed by atoms with E-state index < -0.39 is 24.5 Å². The Morgan fingerprint density at radius 1 is 1.16 bits per heavy atom. The Balaban J connectivity index is 1.58. The lowest BCUT2D eigenvalue weighted by molar-refractivity contribution is -0.149. The molecule has 0 unspecified atom stereocenters. The van der Waals surface area contributed by atoms with E-state index in [1.165, 1.54) is 0 Å². The van der Waals surface area contributed by atoms with Crippen LogP contribution in [-0.4, -0.2) is 51.2 Å². The highest BCUT2D eigenvalue weighted by Gasteiger charge is 2.23. The maximum atomic E-state index is 12.6. The van der Waals surface area contributed by atoms with Crippen molar-refractivity contribution in [1.29, 1.82) is 0 Å². The second kappa shape index (κ2) is 10.9. The van der Waals surface area contributed by atoms with Crippen LogP contribution in [0.5, 0.6) is 0 Å². The number of hydrogen-bond acceptors (Lipinski definition) is 8.